The predicted octanol–water partition coefficient (Wildman–Crippen LogP) is 4.74. The molecule has 2 rings (SSSR count). The molecule has 0 aromatic heterocycles. The van der Waals surface area contributed by atoms with Crippen molar-refractivity contribution in [2.24, 2.45) is 0 Å². The van der Waals surface area contributed by atoms with Crippen molar-refractivity contribution in [3.63, 3.8) is 0 Å². The van der Waals surface area contributed by atoms with Crippen LogP contribution in [0.25, 0.3) is 0 Å². The molecule has 0 amide bonds. The Bertz CT molecular complexity index is 529. The SMILES string of the molecule is Fc1cccc(CNc2cc(Cl)ccc2Cl)c1. The van der Waals surface area contributed by atoms with Crippen molar-refractivity contribution in [2.45, 2.75) is 6.54 Å². The average Bonchev–Trinajstić information content (AvgIpc) is 2.30. The van der Waals surface area contributed by atoms with Crippen molar-refractivity contribution in [2.75, 3.05) is 5.32 Å². The summed E-state index contributed by atoms with van der Waals surface area (Å²) in [6.07, 6.45) is 0. The Morgan fingerprint density at radius 2 is 1.88 bits per heavy atom. The fourth-order valence-electron chi connectivity index (χ4n) is 1.48. The van der Waals surface area contributed by atoms with Crippen molar-refractivity contribution in [3.8, 4) is 0 Å². The van der Waals surface area contributed by atoms with Crippen LogP contribution in [-0.4, -0.2) is 0 Å². The molecule has 0 atom stereocenters. The summed E-state index contributed by atoms with van der Waals surface area (Å²) in [5.41, 5.74) is 1.59. The number of halogens is 3. The molecule has 0 spiro atoms. The van der Waals surface area contributed by atoms with Gasteiger partial charge in [-0.1, -0.05) is 35.3 Å². The molecule has 0 aliphatic heterocycles. The van der Waals surface area contributed by atoms with Gasteiger partial charge in [0, 0.05) is 11.6 Å². The smallest absolute Gasteiger partial charge is 0.123 e. The maximum atomic E-state index is 13.0. The molecule has 0 radical (unpaired) electrons. The van der Waals surface area contributed by atoms with Crippen LogP contribution in [0.2, 0.25) is 10.0 Å². The highest BCUT2D eigenvalue weighted by Crippen LogP contribution is 2.25. The molecule has 2 aromatic carbocycles. The molecule has 1 nitrogen and oxygen atoms in total. The van der Waals surface area contributed by atoms with Gasteiger partial charge < -0.3 is 5.32 Å². The molecule has 88 valence electrons. The molecular weight excluding hydrogens is 260 g/mol. The van der Waals surface area contributed by atoms with Crippen LogP contribution in [-0.2, 0) is 6.54 Å². The number of benzene rings is 2. The summed E-state index contributed by atoms with van der Waals surface area (Å²) in [6, 6.07) is 11.6. The molecule has 0 saturated carbocycles. The van der Waals surface area contributed by atoms with E-state index in [1.807, 2.05) is 6.07 Å². The molecule has 17 heavy (non-hydrogen) atoms. The third-order valence-electron chi connectivity index (χ3n) is 2.30. The number of nitrogens with one attached hydrogen (secondary N) is 1. The van der Waals surface area contributed by atoms with Crippen molar-refractivity contribution in [3.05, 3.63) is 63.9 Å². The van der Waals surface area contributed by atoms with E-state index in [4.69, 9.17) is 23.2 Å². The Morgan fingerprint density at radius 3 is 2.65 bits per heavy atom. The Balaban J connectivity index is 2.09. The molecule has 0 heterocycles. The zero-order chi connectivity index (χ0) is 12.3. The van der Waals surface area contributed by atoms with Gasteiger partial charge in [-0.15, -0.1) is 0 Å². The zero-order valence-corrected chi connectivity index (χ0v) is 10.4. The van der Waals surface area contributed by atoms with Crippen molar-refractivity contribution in [1.82, 2.24) is 0 Å². The highest BCUT2D eigenvalue weighted by atomic mass is 35.5. The minimum Gasteiger partial charge on any atom is -0.380 e. The summed E-state index contributed by atoms with van der Waals surface area (Å²) in [5, 5.41) is 4.31. The molecule has 4 heteroatoms. The Morgan fingerprint density at radius 1 is 1.06 bits per heavy atom. The minimum absolute atomic E-state index is 0.249. The monoisotopic (exact) mass is 269 g/mol. The second kappa shape index (κ2) is 5.39. The number of anilines is 1. The lowest BCUT2D eigenvalue weighted by Gasteiger charge is -2.08. The normalized spacial score (nSPS) is 10.3. The minimum atomic E-state index is -0.249. The largest absolute Gasteiger partial charge is 0.380 e. The summed E-state index contributed by atoms with van der Waals surface area (Å²) in [5.74, 6) is -0.249. The zero-order valence-electron chi connectivity index (χ0n) is 8.88. The maximum Gasteiger partial charge on any atom is 0.123 e. The van der Waals surface area contributed by atoms with Crippen LogP contribution < -0.4 is 5.32 Å². The molecule has 0 bridgehead atoms. The van der Waals surface area contributed by atoms with Crippen molar-refractivity contribution >= 4 is 28.9 Å². The molecule has 2 aromatic rings. The van der Waals surface area contributed by atoms with Gasteiger partial charge in [-0.05, 0) is 35.9 Å². The first-order valence-electron chi connectivity index (χ1n) is 5.08. The highest BCUT2D eigenvalue weighted by molar-refractivity contribution is 6.35. The summed E-state index contributed by atoms with van der Waals surface area (Å²) in [4.78, 5) is 0. The van der Waals surface area contributed by atoms with E-state index >= 15 is 0 Å². The maximum absolute atomic E-state index is 13.0. The molecule has 0 saturated heterocycles. The van der Waals surface area contributed by atoms with Gasteiger partial charge in [0.25, 0.3) is 0 Å². The lowest BCUT2D eigenvalue weighted by atomic mass is 10.2. The van der Waals surface area contributed by atoms with E-state index in [9.17, 15) is 4.39 Å². The molecule has 0 aliphatic rings. The number of rotatable bonds is 3. The second-order valence-corrected chi connectivity index (χ2v) is 4.45. The van der Waals surface area contributed by atoms with Gasteiger partial charge in [-0.3, -0.25) is 0 Å². The first kappa shape index (κ1) is 12.2. The first-order valence-corrected chi connectivity index (χ1v) is 5.84. The van der Waals surface area contributed by atoms with Crippen LogP contribution in [0.4, 0.5) is 10.1 Å². The van der Waals surface area contributed by atoms with Crippen molar-refractivity contribution < 1.29 is 4.39 Å². The third kappa shape index (κ3) is 3.35. The van der Waals surface area contributed by atoms with E-state index in [1.165, 1.54) is 12.1 Å². The van der Waals surface area contributed by atoms with Gasteiger partial charge >= 0.3 is 0 Å². The number of hydrogen-bond donors (Lipinski definition) is 1. The van der Waals surface area contributed by atoms with E-state index < -0.39 is 0 Å². The molecule has 0 aliphatic carbocycles. The number of hydrogen-bond acceptors (Lipinski definition) is 1. The van der Waals surface area contributed by atoms with Crippen LogP contribution in [0, 0.1) is 5.82 Å². The van der Waals surface area contributed by atoms with Gasteiger partial charge in [0.15, 0.2) is 0 Å². The molecular formula is C13H10Cl2FN. The Hall–Kier alpha value is -1.25. The fraction of sp³-hybridized carbons (Fsp3) is 0.0769. The van der Waals surface area contributed by atoms with Gasteiger partial charge in [-0.2, -0.15) is 0 Å². The predicted molar refractivity (Wildman–Crippen MR) is 70.2 cm³/mol. The van der Waals surface area contributed by atoms with E-state index in [1.54, 1.807) is 24.3 Å². The lowest BCUT2D eigenvalue weighted by Crippen LogP contribution is -2.00. The second-order valence-electron chi connectivity index (χ2n) is 3.61. The van der Waals surface area contributed by atoms with Gasteiger partial charge in [-0.25, -0.2) is 4.39 Å². The lowest BCUT2D eigenvalue weighted by molar-refractivity contribution is 0.626. The summed E-state index contributed by atoms with van der Waals surface area (Å²) in [7, 11) is 0. The molecule has 0 fully saturated rings. The fourth-order valence-corrected chi connectivity index (χ4v) is 1.83. The first-order chi connectivity index (χ1) is 8.15. The van der Waals surface area contributed by atoms with E-state index in [0.717, 1.165) is 11.3 Å². The van der Waals surface area contributed by atoms with Crippen LogP contribution in [0.3, 0.4) is 0 Å². The Labute approximate surface area is 109 Å². The van der Waals surface area contributed by atoms with Crippen LogP contribution in [0.1, 0.15) is 5.56 Å². The Kier molecular flexibility index (Phi) is 3.87. The van der Waals surface area contributed by atoms with Crippen LogP contribution in [0.15, 0.2) is 42.5 Å². The average molecular weight is 270 g/mol. The van der Waals surface area contributed by atoms with Crippen LogP contribution >= 0.6 is 23.2 Å². The van der Waals surface area contributed by atoms with E-state index in [-0.39, 0.29) is 5.82 Å². The summed E-state index contributed by atoms with van der Waals surface area (Å²) < 4.78 is 13.0. The van der Waals surface area contributed by atoms with Gasteiger partial charge in [0.05, 0.1) is 10.7 Å². The topological polar surface area (TPSA) is 12.0 Å². The van der Waals surface area contributed by atoms with E-state index in [2.05, 4.69) is 5.32 Å². The highest BCUT2D eigenvalue weighted by Gasteiger charge is 2.01. The van der Waals surface area contributed by atoms with Crippen LogP contribution in [0.5, 0.6) is 0 Å². The van der Waals surface area contributed by atoms with Gasteiger partial charge in [0.1, 0.15) is 5.82 Å². The third-order valence-corrected chi connectivity index (χ3v) is 2.87. The quantitative estimate of drug-likeness (QED) is 0.849. The van der Waals surface area contributed by atoms with Gasteiger partial charge in [0.2, 0.25) is 0 Å². The molecule has 0 unspecified atom stereocenters. The summed E-state index contributed by atoms with van der Waals surface area (Å²) >= 11 is 11.9. The standard InChI is InChI=1S/C13H10Cl2FN/c14-10-4-5-12(15)13(7-10)17-8-9-2-1-3-11(16)6-9/h1-7,17H,8H2. The molecule has 1 N–H and O–H groups in total. The van der Waals surface area contributed by atoms with Crippen molar-refractivity contribution in [1.29, 1.82) is 0 Å². The van der Waals surface area contributed by atoms with E-state index in [0.29, 0.717) is 16.6 Å². The summed E-state index contributed by atoms with van der Waals surface area (Å²) in [6.45, 7) is 0.498.